The molecule has 0 unspecified atom stereocenters. The molecule has 0 saturated heterocycles. The molecule has 0 radical (unpaired) electrons. The Morgan fingerprint density at radius 3 is 2.71 bits per heavy atom. The molecule has 140 valence electrons. The van der Waals surface area contributed by atoms with Gasteiger partial charge in [-0.25, -0.2) is 4.98 Å². The lowest BCUT2D eigenvalue weighted by Crippen LogP contribution is -1.91. The molecule has 0 fully saturated rings. The van der Waals surface area contributed by atoms with Crippen LogP contribution >= 0.6 is 22.7 Å². The number of aromatic nitrogens is 1. The molecule has 4 rings (SSSR count). The molecule has 0 aliphatic carbocycles. The summed E-state index contributed by atoms with van der Waals surface area (Å²) in [6.07, 6.45) is 3.75. The number of thiazole rings is 1. The van der Waals surface area contributed by atoms with Gasteiger partial charge in [-0.3, -0.25) is 4.99 Å². The third-order valence-electron chi connectivity index (χ3n) is 4.79. The molecule has 0 saturated carbocycles. The molecule has 0 amide bonds. The van der Waals surface area contributed by atoms with Crippen LogP contribution in [-0.4, -0.2) is 11.2 Å². The quantitative estimate of drug-likeness (QED) is 0.312. The van der Waals surface area contributed by atoms with Crippen molar-refractivity contribution in [3.63, 3.8) is 0 Å². The average Bonchev–Trinajstić information content (AvgIpc) is 3.28. The summed E-state index contributed by atoms with van der Waals surface area (Å²) in [5.41, 5.74) is 5.54. The lowest BCUT2D eigenvalue weighted by molar-refractivity contribution is 0.866. The fraction of sp³-hybridized carbons (Fsp3) is 0.167. The second kappa shape index (κ2) is 7.82. The van der Waals surface area contributed by atoms with Crippen LogP contribution in [0.5, 0.6) is 0 Å². The van der Waals surface area contributed by atoms with Gasteiger partial charge in [0.1, 0.15) is 5.01 Å². The molecule has 0 bridgehead atoms. The van der Waals surface area contributed by atoms with Gasteiger partial charge >= 0.3 is 0 Å². The molecule has 4 aromatic rings. The fourth-order valence-electron chi connectivity index (χ4n) is 3.43. The Hall–Kier alpha value is -2.56. The number of aliphatic imine (C=N–C) groups is 1. The maximum Gasteiger partial charge on any atom is 0.135 e. The Morgan fingerprint density at radius 2 is 1.93 bits per heavy atom. The zero-order chi connectivity index (χ0) is 19.7. The van der Waals surface area contributed by atoms with Crippen molar-refractivity contribution in [3.05, 3.63) is 75.4 Å². The monoisotopic (exact) mass is 402 g/mol. The number of benzene rings is 2. The zero-order valence-electron chi connectivity index (χ0n) is 16.3. The van der Waals surface area contributed by atoms with Gasteiger partial charge in [-0.15, -0.1) is 22.7 Å². The Morgan fingerprint density at radius 1 is 1.11 bits per heavy atom. The molecule has 28 heavy (non-hydrogen) atoms. The smallest absolute Gasteiger partial charge is 0.135 e. The highest BCUT2D eigenvalue weighted by molar-refractivity contribution is 7.19. The maximum atomic E-state index is 4.86. The number of aryl methyl sites for hydroxylation is 1. The fourth-order valence-corrected chi connectivity index (χ4v) is 5.17. The van der Waals surface area contributed by atoms with Crippen LogP contribution in [0.3, 0.4) is 0 Å². The van der Waals surface area contributed by atoms with Crippen molar-refractivity contribution in [1.29, 1.82) is 0 Å². The molecular weight excluding hydrogens is 380 g/mol. The highest BCUT2D eigenvalue weighted by atomic mass is 32.1. The van der Waals surface area contributed by atoms with Gasteiger partial charge in [0.15, 0.2) is 0 Å². The van der Waals surface area contributed by atoms with E-state index >= 15 is 0 Å². The minimum absolute atomic E-state index is 0.402. The van der Waals surface area contributed by atoms with Gasteiger partial charge in [-0.05, 0) is 30.0 Å². The Kier molecular flexibility index (Phi) is 5.25. The van der Waals surface area contributed by atoms with Crippen LogP contribution < -0.4 is 0 Å². The molecule has 0 aliphatic heterocycles. The second-order valence-electron chi connectivity index (χ2n) is 7.00. The van der Waals surface area contributed by atoms with Gasteiger partial charge in [-0.1, -0.05) is 62.9 Å². The van der Waals surface area contributed by atoms with E-state index < -0.39 is 0 Å². The number of hydrogen-bond donors (Lipinski definition) is 0. The number of para-hydroxylation sites is 1. The SMILES string of the molecule is C=Cc1cccc(C(C)C)c1/N=C/c1nc(-c2c(C)sc3ccccc23)cs1. The standard InChI is InChI=1S/C24H22N2S2/c1-5-17-9-8-11-18(15(2)3)24(17)25-13-22-26-20(14-27-22)23-16(4)28-21-12-7-6-10-19(21)23/h5-15H,1H2,2-4H3/b25-13+. The minimum atomic E-state index is 0.402. The van der Waals surface area contributed by atoms with Crippen molar-refractivity contribution in [2.24, 2.45) is 4.99 Å². The van der Waals surface area contributed by atoms with Gasteiger partial charge < -0.3 is 0 Å². The number of nitrogens with zero attached hydrogens (tertiary/aromatic N) is 2. The largest absolute Gasteiger partial charge is 0.253 e. The summed E-state index contributed by atoms with van der Waals surface area (Å²) in [7, 11) is 0. The van der Waals surface area contributed by atoms with E-state index in [1.807, 2.05) is 23.6 Å². The van der Waals surface area contributed by atoms with Crippen LogP contribution in [0.15, 0.2) is 59.4 Å². The third kappa shape index (κ3) is 3.46. The molecule has 2 aromatic carbocycles. The predicted octanol–water partition coefficient (Wildman–Crippen LogP) is 7.85. The van der Waals surface area contributed by atoms with Crippen molar-refractivity contribution in [3.8, 4) is 11.3 Å². The molecule has 0 spiro atoms. The van der Waals surface area contributed by atoms with Crippen molar-refractivity contribution in [1.82, 2.24) is 4.98 Å². The molecule has 2 nitrogen and oxygen atoms in total. The van der Waals surface area contributed by atoms with Gasteiger partial charge in [0, 0.05) is 25.9 Å². The molecular formula is C24H22N2S2. The van der Waals surface area contributed by atoms with Crippen LogP contribution in [0.2, 0.25) is 0 Å². The highest BCUT2D eigenvalue weighted by Crippen LogP contribution is 2.38. The van der Waals surface area contributed by atoms with Crippen LogP contribution in [-0.2, 0) is 0 Å². The second-order valence-corrected chi connectivity index (χ2v) is 9.15. The summed E-state index contributed by atoms with van der Waals surface area (Å²) in [5, 5.41) is 4.32. The van der Waals surface area contributed by atoms with E-state index in [4.69, 9.17) is 9.98 Å². The van der Waals surface area contributed by atoms with Gasteiger partial charge in [-0.2, -0.15) is 0 Å². The lowest BCUT2D eigenvalue weighted by Gasteiger charge is -2.11. The number of hydrogen-bond acceptors (Lipinski definition) is 4. The first-order chi connectivity index (χ1) is 13.6. The van der Waals surface area contributed by atoms with Crippen molar-refractivity contribution in [2.75, 3.05) is 0 Å². The van der Waals surface area contributed by atoms with Gasteiger partial charge in [0.05, 0.1) is 17.6 Å². The molecule has 4 heteroatoms. The molecule has 2 heterocycles. The molecule has 0 aliphatic rings. The van der Waals surface area contributed by atoms with Crippen molar-refractivity contribution < 1.29 is 0 Å². The van der Waals surface area contributed by atoms with Crippen LogP contribution in [0, 0.1) is 6.92 Å². The summed E-state index contributed by atoms with van der Waals surface area (Å²) in [6, 6.07) is 14.8. The predicted molar refractivity (Wildman–Crippen MR) is 126 cm³/mol. The topological polar surface area (TPSA) is 25.2 Å². The van der Waals surface area contributed by atoms with Crippen molar-refractivity contribution in [2.45, 2.75) is 26.7 Å². The average molecular weight is 403 g/mol. The third-order valence-corrected chi connectivity index (χ3v) is 6.66. The normalized spacial score (nSPS) is 11.7. The Balaban J connectivity index is 1.72. The highest BCUT2D eigenvalue weighted by Gasteiger charge is 2.14. The first kappa shape index (κ1) is 18.8. The molecule has 0 atom stereocenters. The number of thiophene rings is 1. The Labute approximate surface area is 173 Å². The van der Waals surface area contributed by atoms with E-state index in [2.05, 4.69) is 75.2 Å². The van der Waals surface area contributed by atoms with Crippen LogP contribution in [0.25, 0.3) is 27.4 Å². The number of rotatable bonds is 5. The van der Waals surface area contributed by atoms with Crippen LogP contribution in [0.1, 0.15) is 40.8 Å². The number of fused-ring (bicyclic) bond motifs is 1. The van der Waals surface area contributed by atoms with E-state index in [9.17, 15) is 0 Å². The lowest BCUT2D eigenvalue weighted by atomic mass is 9.98. The molecule has 2 aromatic heterocycles. The van der Waals surface area contributed by atoms with E-state index in [0.29, 0.717) is 5.92 Å². The van der Waals surface area contributed by atoms with E-state index in [1.54, 1.807) is 11.3 Å². The van der Waals surface area contributed by atoms with Crippen molar-refractivity contribution >= 4 is 50.7 Å². The molecule has 0 N–H and O–H groups in total. The van der Waals surface area contributed by atoms with Crippen LogP contribution in [0.4, 0.5) is 5.69 Å². The summed E-state index contributed by atoms with van der Waals surface area (Å²) in [6.45, 7) is 10.5. The summed E-state index contributed by atoms with van der Waals surface area (Å²) < 4.78 is 1.31. The summed E-state index contributed by atoms with van der Waals surface area (Å²) >= 11 is 3.45. The zero-order valence-corrected chi connectivity index (χ0v) is 17.9. The summed E-state index contributed by atoms with van der Waals surface area (Å²) in [5.74, 6) is 0.402. The first-order valence-corrected chi connectivity index (χ1v) is 11.0. The van der Waals surface area contributed by atoms with Gasteiger partial charge in [0.2, 0.25) is 0 Å². The summed E-state index contributed by atoms with van der Waals surface area (Å²) in [4.78, 5) is 11.0. The Bertz CT molecular complexity index is 1180. The van der Waals surface area contributed by atoms with E-state index in [1.165, 1.54) is 26.1 Å². The van der Waals surface area contributed by atoms with E-state index in [0.717, 1.165) is 22.0 Å². The van der Waals surface area contributed by atoms with E-state index in [-0.39, 0.29) is 0 Å². The van der Waals surface area contributed by atoms with Gasteiger partial charge in [0.25, 0.3) is 0 Å². The maximum absolute atomic E-state index is 4.86. The minimum Gasteiger partial charge on any atom is -0.253 e. The first-order valence-electron chi connectivity index (χ1n) is 9.32.